The van der Waals surface area contributed by atoms with Gasteiger partial charge in [-0.3, -0.25) is 9.59 Å². The summed E-state index contributed by atoms with van der Waals surface area (Å²) in [5.74, 6) is -0.541. The summed E-state index contributed by atoms with van der Waals surface area (Å²) < 4.78 is 5.91. The summed E-state index contributed by atoms with van der Waals surface area (Å²) >= 11 is 0. The maximum Gasteiger partial charge on any atom is 0.306 e. The number of unbranched alkanes of at least 4 members (excludes halogenated alkanes) is 22. The third-order valence-corrected chi connectivity index (χ3v) is 11.5. The highest BCUT2D eigenvalue weighted by Gasteiger charge is 2.24. The molecule has 0 aromatic heterocycles. The Bertz CT molecular complexity index is 1150. The molecule has 0 fully saturated rings. The van der Waals surface area contributed by atoms with Crippen molar-refractivity contribution in [3.63, 3.8) is 0 Å². The number of aliphatic hydroxyl groups excluding tert-OH is 2. The predicted octanol–water partition coefficient (Wildman–Crippen LogP) is 15.8. The van der Waals surface area contributed by atoms with Gasteiger partial charge in [0.05, 0.1) is 25.2 Å². The number of hydrogen-bond acceptors (Lipinski definition) is 5. The summed E-state index contributed by atoms with van der Waals surface area (Å²) in [5, 5.41) is 23.7. The second-order valence-corrected chi connectivity index (χ2v) is 17.5. The van der Waals surface area contributed by atoms with E-state index in [1.165, 1.54) is 109 Å². The topological polar surface area (TPSA) is 95.9 Å². The highest BCUT2D eigenvalue weighted by Crippen LogP contribution is 2.17. The van der Waals surface area contributed by atoms with Crippen LogP contribution in [0, 0.1) is 0 Å². The first-order valence-corrected chi connectivity index (χ1v) is 26.2. The largest absolute Gasteiger partial charge is 0.462 e. The fourth-order valence-corrected chi connectivity index (χ4v) is 7.57. The number of nitrogens with one attached hydrogen (secondary N) is 1. The van der Waals surface area contributed by atoms with Crippen LogP contribution in [-0.2, 0) is 14.3 Å². The lowest BCUT2D eigenvalue weighted by molar-refractivity contribution is -0.151. The van der Waals surface area contributed by atoms with E-state index < -0.39 is 18.2 Å². The Hall–Kier alpha value is -2.70. The Labute approximate surface area is 383 Å². The SMILES string of the molecule is CC/C=C\C/C=C\C/C=C\C/C=C\C/C=C\CCCC(CC(=O)NC(CO)C(O)CCCCCCCCCCCC)OC(=O)CCCCCCC/C=C/CCCCCCCCC. The molecule has 0 aromatic carbocycles. The van der Waals surface area contributed by atoms with Gasteiger partial charge in [-0.15, -0.1) is 0 Å². The summed E-state index contributed by atoms with van der Waals surface area (Å²) in [6, 6.07) is -0.723. The van der Waals surface area contributed by atoms with Crippen molar-refractivity contribution >= 4 is 11.9 Å². The normalized spacial score (nSPS) is 13.8. The molecule has 0 saturated heterocycles. The molecule has 0 aliphatic carbocycles. The molecule has 0 saturated carbocycles. The number of amides is 1. The minimum atomic E-state index is -0.805. The van der Waals surface area contributed by atoms with Gasteiger partial charge in [0.2, 0.25) is 5.91 Å². The van der Waals surface area contributed by atoms with Crippen LogP contribution in [0.2, 0.25) is 0 Å². The van der Waals surface area contributed by atoms with E-state index in [1.54, 1.807) is 0 Å². The number of allylic oxidation sites excluding steroid dienone is 12. The number of carbonyl (C=O) groups excluding carboxylic acids is 2. The van der Waals surface area contributed by atoms with Gasteiger partial charge < -0.3 is 20.3 Å². The molecule has 62 heavy (non-hydrogen) atoms. The third-order valence-electron chi connectivity index (χ3n) is 11.5. The quantitative estimate of drug-likeness (QED) is 0.0322. The molecule has 3 unspecified atom stereocenters. The van der Waals surface area contributed by atoms with Gasteiger partial charge in [-0.25, -0.2) is 0 Å². The molecule has 0 aliphatic rings. The monoisotopic (exact) mass is 866 g/mol. The van der Waals surface area contributed by atoms with Crippen LogP contribution in [0.25, 0.3) is 0 Å². The first-order chi connectivity index (χ1) is 30.5. The molecule has 6 heteroatoms. The van der Waals surface area contributed by atoms with Crippen LogP contribution in [0.5, 0.6) is 0 Å². The second-order valence-electron chi connectivity index (χ2n) is 17.5. The summed E-state index contributed by atoms with van der Waals surface area (Å²) in [6.07, 6.45) is 62.5. The first-order valence-electron chi connectivity index (χ1n) is 26.2. The summed E-state index contributed by atoms with van der Waals surface area (Å²) in [5.41, 5.74) is 0. The fraction of sp³-hybridized carbons (Fsp3) is 0.750. The van der Waals surface area contributed by atoms with Gasteiger partial charge in [0.25, 0.3) is 0 Å². The number of rotatable bonds is 46. The summed E-state index contributed by atoms with van der Waals surface area (Å²) in [6.45, 7) is 6.34. The molecule has 0 aliphatic heterocycles. The number of ether oxygens (including phenoxy) is 1. The van der Waals surface area contributed by atoms with Crippen molar-refractivity contribution in [3.8, 4) is 0 Å². The molecule has 0 bridgehead atoms. The van der Waals surface area contributed by atoms with Crippen molar-refractivity contribution in [2.24, 2.45) is 0 Å². The predicted molar refractivity (Wildman–Crippen MR) is 268 cm³/mol. The van der Waals surface area contributed by atoms with Gasteiger partial charge in [0.1, 0.15) is 6.10 Å². The molecule has 0 radical (unpaired) electrons. The van der Waals surface area contributed by atoms with Crippen LogP contribution in [0.1, 0.15) is 245 Å². The minimum Gasteiger partial charge on any atom is -0.462 e. The Morgan fingerprint density at radius 2 is 0.887 bits per heavy atom. The number of esters is 1. The lowest BCUT2D eigenvalue weighted by atomic mass is 10.0. The van der Waals surface area contributed by atoms with E-state index in [0.717, 1.165) is 89.9 Å². The molecule has 0 spiro atoms. The van der Waals surface area contributed by atoms with Crippen LogP contribution in [-0.4, -0.2) is 46.9 Å². The van der Waals surface area contributed by atoms with Crippen LogP contribution >= 0.6 is 0 Å². The Morgan fingerprint density at radius 1 is 0.484 bits per heavy atom. The number of carbonyl (C=O) groups is 2. The molecule has 0 heterocycles. The zero-order chi connectivity index (χ0) is 45.2. The Morgan fingerprint density at radius 3 is 1.37 bits per heavy atom. The molecule has 0 rings (SSSR count). The van der Waals surface area contributed by atoms with Crippen molar-refractivity contribution in [3.05, 3.63) is 72.9 Å². The molecular weight excluding hydrogens is 767 g/mol. The van der Waals surface area contributed by atoms with Crippen molar-refractivity contribution in [1.29, 1.82) is 0 Å². The van der Waals surface area contributed by atoms with E-state index in [0.29, 0.717) is 19.3 Å². The Kier molecular flexibility index (Phi) is 47.2. The number of aliphatic hydroxyl groups is 2. The highest BCUT2D eigenvalue weighted by atomic mass is 16.5. The van der Waals surface area contributed by atoms with Gasteiger partial charge in [-0.1, -0.05) is 216 Å². The number of hydrogen-bond donors (Lipinski definition) is 3. The van der Waals surface area contributed by atoms with E-state index in [4.69, 9.17) is 4.74 Å². The van der Waals surface area contributed by atoms with E-state index in [2.05, 4.69) is 99.0 Å². The first kappa shape index (κ1) is 59.3. The van der Waals surface area contributed by atoms with Gasteiger partial charge in [-0.05, 0) is 89.9 Å². The average molecular weight is 866 g/mol. The molecule has 0 aromatic rings. The zero-order valence-corrected chi connectivity index (χ0v) is 40.7. The molecule has 6 nitrogen and oxygen atoms in total. The molecule has 358 valence electrons. The summed E-state index contributed by atoms with van der Waals surface area (Å²) in [7, 11) is 0. The standard InChI is InChI=1S/C56H99NO5/c1-4-7-10-13-16-19-22-24-26-28-29-31-33-35-38-41-44-47-52(50-55(60)57-53(51-58)54(59)48-45-42-39-36-21-18-15-12-9-6-3)62-56(61)49-46-43-40-37-34-32-30-27-25-23-20-17-14-11-8-5-2/h7,10,16,19,24,26-27,29-31,35,38,52-54,58-59H,4-6,8-9,11-15,17-18,20-23,25,28,32-34,36-37,39-51H2,1-3H3,(H,57,60)/b10-7-,19-16-,26-24-,30-27+,31-29-,38-35-. The lowest BCUT2D eigenvalue weighted by Gasteiger charge is -2.24. The van der Waals surface area contributed by atoms with Gasteiger partial charge in [0.15, 0.2) is 0 Å². The van der Waals surface area contributed by atoms with Crippen molar-refractivity contribution in [1.82, 2.24) is 5.32 Å². The lowest BCUT2D eigenvalue weighted by Crippen LogP contribution is -2.46. The van der Waals surface area contributed by atoms with Gasteiger partial charge in [-0.2, -0.15) is 0 Å². The molecular formula is C56H99NO5. The maximum absolute atomic E-state index is 13.2. The van der Waals surface area contributed by atoms with E-state index in [-0.39, 0.29) is 24.9 Å². The van der Waals surface area contributed by atoms with Crippen LogP contribution < -0.4 is 5.32 Å². The smallest absolute Gasteiger partial charge is 0.306 e. The second kappa shape index (κ2) is 49.3. The van der Waals surface area contributed by atoms with Crippen LogP contribution in [0.3, 0.4) is 0 Å². The molecule has 3 N–H and O–H groups in total. The maximum atomic E-state index is 13.2. The van der Waals surface area contributed by atoms with Crippen LogP contribution in [0.4, 0.5) is 0 Å². The van der Waals surface area contributed by atoms with E-state index in [9.17, 15) is 19.8 Å². The molecule has 3 atom stereocenters. The molecule has 1 amide bonds. The summed E-state index contributed by atoms with van der Waals surface area (Å²) in [4.78, 5) is 26.1. The highest BCUT2D eigenvalue weighted by molar-refractivity contribution is 5.77. The minimum absolute atomic E-state index is 0.0331. The van der Waals surface area contributed by atoms with E-state index >= 15 is 0 Å². The van der Waals surface area contributed by atoms with Crippen LogP contribution in [0.15, 0.2) is 72.9 Å². The van der Waals surface area contributed by atoms with Crippen molar-refractivity contribution in [2.75, 3.05) is 6.61 Å². The van der Waals surface area contributed by atoms with Gasteiger partial charge in [0, 0.05) is 6.42 Å². The van der Waals surface area contributed by atoms with Crippen molar-refractivity contribution in [2.45, 2.75) is 264 Å². The zero-order valence-electron chi connectivity index (χ0n) is 40.7. The van der Waals surface area contributed by atoms with Gasteiger partial charge >= 0.3 is 5.97 Å². The average Bonchev–Trinajstić information content (AvgIpc) is 3.26. The Balaban J connectivity index is 4.71. The van der Waals surface area contributed by atoms with E-state index in [1.807, 2.05) is 0 Å². The third kappa shape index (κ3) is 43.9. The van der Waals surface area contributed by atoms with Crippen molar-refractivity contribution < 1.29 is 24.5 Å². The fourth-order valence-electron chi connectivity index (χ4n) is 7.57.